The first-order chi connectivity index (χ1) is 9.69. The maximum absolute atomic E-state index is 11.8. The van der Waals surface area contributed by atoms with Gasteiger partial charge < -0.3 is 14.9 Å². The van der Waals surface area contributed by atoms with E-state index in [1.807, 2.05) is 6.92 Å². The van der Waals surface area contributed by atoms with E-state index in [0.29, 0.717) is 11.3 Å². The Morgan fingerprint density at radius 2 is 2.35 bits per heavy atom. The van der Waals surface area contributed by atoms with Crippen LogP contribution in [0.4, 0.5) is 0 Å². The van der Waals surface area contributed by atoms with Crippen LogP contribution in [0.15, 0.2) is 28.9 Å². The number of carbonyl (C=O) groups is 1. The number of nitrogens with one attached hydrogen (secondary N) is 1. The van der Waals surface area contributed by atoms with Crippen molar-refractivity contribution in [1.29, 1.82) is 0 Å². The number of hydrogen-bond donors (Lipinski definition) is 2. The largest absolute Gasteiger partial charge is 0.384 e. The van der Waals surface area contributed by atoms with Gasteiger partial charge >= 0.3 is 0 Å². The van der Waals surface area contributed by atoms with Gasteiger partial charge in [0.15, 0.2) is 5.76 Å². The van der Waals surface area contributed by atoms with Crippen molar-refractivity contribution in [3.05, 3.63) is 47.1 Å². The summed E-state index contributed by atoms with van der Waals surface area (Å²) in [6, 6.07) is 4.99. The molecule has 2 aromatic rings. The van der Waals surface area contributed by atoms with Gasteiger partial charge in [-0.05, 0) is 19.1 Å². The first-order valence-electron chi connectivity index (χ1n) is 5.95. The molecule has 0 saturated carbocycles. The van der Waals surface area contributed by atoms with E-state index in [0.717, 1.165) is 5.69 Å². The van der Waals surface area contributed by atoms with E-state index >= 15 is 0 Å². The van der Waals surface area contributed by atoms with Gasteiger partial charge in [-0.15, -0.1) is 0 Å². The van der Waals surface area contributed by atoms with Crippen LogP contribution in [0, 0.1) is 18.8 Å². The van der Waals surface area contributed by atoms with Crippen LogP contribution in [-0.2, 0) is 6.54 Å². The molecule has 0 unspecified atom stereocenters. The van der Waals surface area contributed by atoms with Crippen molar-refractivity contribution in [3.63, 3.8) is 0 Å². The van der Waals surface area contributed by atoms with Crippen LogP contribution >= 0.6 is 0 Å². The van der Waals surface area contributed by atoms with Crippen LogP contribution in [0.3, 0.4) is 0 Å². The summed E-state index contributed by atoms with van der Waals surface area (Å²) in [5.74, 6) is 5.49. The third-order valence-electron chi connectivity index (χ3n) is 2.41. The van der Waals surface area contributed by atoms with Gasteiger partial charge in [-0.25, -0.2) is 4.98 Å². The topological polar surface area (TPSA) is 88.2 Å². The van der Waals surface area contributed by atoms with E-state index in [-0.39, 0.29) is 24.8 Å². The van der Waals surface area contributed by atoms with Crippen molar-refractivity contribution in [2.45, 2.75) is 13.5 Å². The average Bonchev–Trinajstić information content (AvgIpc) is 2.89. The normalized spacial score (nSPS) is 9.70. The minimum absolute atomic E-state index is 0.209. The number of pyridine rings is 1. The second-order valence-electron chi connectivity index (χ2n) is 4.01. The van der Waals surface area contributed by atoms with Gasteiger partial charge in [0.25, 0.3) is 5.91 Å². The van der Waals surface area contributed by atoms with Crippen molar-refractivity contribution in [2.75, 3.05) is 6.61 Å². The summed E-state index contributed by atoms with van der Waals surface area (Å²) in [5, 5.41) is 15.0. The number of aryl methyl sites for hydroxylation is 1. The standard InChI is InChI=1S/C14H13N3O3/c1-10-7-12(20-17-10)9-16-14(19)13-5-4-11(8-15-13)3-2-6-18/h4-5,7-8,18H,6,9H2,1H3,(H,16,19). The molecule has 1 amide bonds. The Morgan fingerprint density at radius 3 is 2.95 bits per heavy atom. The maximum atomic E-state index is 11.8. The Hall–Kier alpha value is -2.65. The zero-order valence-corrected chi connectivity index (χ0v) is 10.9. The van der Waals surface area contributed by atoms with Crippen molar-refractivity contribution >= 4 is 5.91 Å². The van der Waals surface area contributed by atoms with Gasteiger partial charge in [-0.2, -0.15) is 0 Å². The van der Waals surface area contributed by atoms with Gasteiger partial charge in [-0.1, -0.05) is 17.0 Å². The third-order valence-corrected chi connectivity index (χ3v) is 2.41. The predicted molar refractivity (Wildman–Crippen MR) is 70.6 cm³/mol. The molecule has 0 aromatic carbocycles. The molecule has 0 aliphatic heterocycles. The van der Waals surface area contributed by atoms with E-state index in [1.54, 1.807) is 18.2 Å². The molecule has 6 heteroatoms. The van der Waals surface area contributed by atoms with E-state index in [9.17, 15) is 4.79 Å². The Balaban J connectivity index is 1.95. The lowest BCUT2D eigenvalue weighted by Gasteiger charge is -2.01. The molecule has 0 aliphatic rings. The fourth-order valence-corrected chi connectivity index (χ4v) is 1.50. The average molecular weight is 271 g/mol. The molecule has 0 spiro atoms. The van der Waals surface area contributed by atoms with Crippen LogP contribution in [0.25, 0.3) is 0 Å². The predicted octanol–water partition coefficient (Wildman–Crippen LogP) is 0.652. The molecule has 2 N–H and O–H groups in total. The van der Waals surface area contributed by atoms with Gasteiger partial charge in [0.1, 0.15) is 12.3 Å². The van der Waals surface area contributed by atoms with Crippen LogP contribution in [-0.4, -0.2) is 27.8 Å². The number of aromatic nitrogens is 2. The lowest BCUT2D eigenvalue weighted by atomic mass is 10.2. The Labute approximate surface area is 115 Å². The molecular weight excluding hydrogens is 258 g/mol. The van der Waals surface area contributed by atoms with Crippen molar-refractivity contribution in [2.24, 2.45) is 0 Å². The minimum Gasteiger partial charge on any atom is -0.384 e. The molecule has 0 saturated heterocycles. The quantitative estimate of drug-likeness (QED) is 0.800. The van der Waals surface area contributed by atoms with Gasteiger partial charge in [-0.3, -0.25) is 4.79 Å². The van der Waals surface area contributed by atoms with Crippen LogP contribution < -0.4 is 5.32 Å². The van der Waals surface area contributed by atoms with E-state index in [4.69, 9.17) is 9.63 Å². The number of carbonyl (C=O) groups excluding carboxylic acids is 1. The number of rotatable bonds is 3. The summed E-state index contributed by atoms with van der Waals surface area (Å²) in [6.07, 6.45) is 1.48. The molecule has 0 fully saturated rings. The van der Waals surface area contributed by atoms with Crippen molar-refractivity contribution in [1.82, 2.24) is 15.5 Å². The van der Waals surface area contributed by atoms with Gasteiger partial charge in [0.05, 0.1) is 12.2 Å². The maximum Gasteiger partial charge on any atom is 0.270 e. The third kappa shape index (κ3) is 3.67. The van der Waals surface area contributed by atoms with Gasteiger partial charge in [0, 0.05) is 17.8 Å². The summed E-state index contributed by atoms with van der Waals surface area (Å²) in [5.41, 5.74) is 1.69. The zero-order valence-electron chi connectivity index (χ0n) is 10.9. The van der Waals surface area contributed by atoms with E-state index in [2.05, 4.69) is 27.3 Å². The number of amides is 1. The van der Waals surface area contributed by atoms with Gasteiger partial charge in [0.2, 0.25) is 0 Å². The highest BCUT2D eigenvalue weighted by atomic mass is 16.5. The molecule has 102 valence electrons. The van der Waals surface area contributed by atoms with E-state index < -0.39 is 0 Å². The molecule has 6 nitrogen and oxygen atoms in total. The van der Waals surface area contributed by atoms with Crippen LogP contribution in [0.1, 0.15) is 27.5 Å². The fourth-order valence-electron chi connectivity index (χ4n) is 1.50. The summed E-state index contributed by atoms with van der Waals surface area (Å²) in [4.78, 5) is 15.8. The monoisotopic (exact) mass is 271 g/mol. The molecule has 0 aliphatic carbocycles. The number of hydrogen-bond acceptors (Lipinski definition) is 5. The first kappa shape index (κ1) is 13.8. The molecule has 20 heavy (non-hydrogen) atoms. The highest BCUT2D eigenvalue weighted by Gasteiger charge is 2.08. The molecule has 0 atom stereocenters. The summed E-state index contributed by atoms with van der Waals surface area (Å²) in [6.45, 7) is 1.86. The second kappa shape index (κ2) is 6.50. The molecule has 2 heterocycles. The van der Waals surface area contributed by atoms with Crippen molar-refractivity contribution in [3.8, 4) is 11.8 Å². The molecule has 2 aromatic heterocycles. The Kier molecular flexibility index (Phi) is 4.47. The Morgan fingerprint density at radius 1 is 1.50 bits per heavy atom. The summed E-state index contributed by atoms with van der Waals surface area (Å²) < 4.78 is 4.99. The summed E-state index contributed by atoms with van der Waals surface area (Å²) >= 11 is 0. The van der Waals surface area contributed by atoms with E-state index in [1.165, 1.54) is 6.20 Å². The lowest BCUT2D eigenvalue weighted by Crippen LogP contribution is -2.23. The Bertz CT molecular complexity index is 650. The summed E-state index contributed by atoms with van der Waals surface area (Å²) in [7, 11) is 0. The SMILES string of the molecule is Cc1cc(CNC(=O)c2ccc(C#CCO)cn2)on1. The molecular formula is C14H13N3O3. The molecule has 2 rings (SSSR count). The minimum atomic E-state index is -0.305. The lowest BCUT2D eigenvalue weighted by molar-refractivity contribution is 0.0942. The van der Waals surface area contributed by atoms with Crippen LogP contribution in [0.2, 0.25) is 0 Å². The first-order valence-corrected chi connectivity index (χ1v) is 5.95. The number of nitrogens with zero attached hydrogens (tertiary/aromatic N) is 2. The highest BCUT2D eigenvalue weighted by molar-refractivity contribution is 5.92. The second-order valence-corrected chi connectivity index (χ2v) is 4.01. The molecule has 0 radical (unpaired) electrons. The van der Waals surface area contributed by atoms with Crippen molar-refractivity contribution < 1.29 is 14.4 Å². The molecule has 0 bridgehead atoms. The number of aliphatic hydroxyl groups is 1. The van der Waals surface area contributed by atoms with Crippen LogP contribution in [0.5, 0.6) is 0 Å². The number of aliphatic hydroxyl groups excluding tert-OH is 1. The highest BCUT2D eigenvalue weighted by Crippen LogP contribution is 2.03. The smallest absolute Gasteiger partial charge is 0.270 e. The zero-order chi connectivity index (χ0) is 14.4. The fraction of sp³-hybridized carbons (Fsp3) is 0.214.